The molecule has 0 radical (unpaired) electrons. The van der Waals surface area contributed by atoms with Crippen LogP contribution in [0.4, 0.5) is 5.82 Å². The predicted octanol–water partition coefficient (Wildman–Crippen LogP) is 1.20. The van der Waals surface area contributed by atoms with E-state index in [0.29, 0.717) is 9.99 Å². The van der Waals surface area contributed by atoms with E-state index in [1.807, 2.05) is 6.07 Å². The molecule has 1 aromatic carbocycles. The Balaban J connectivity index is 1.80. The number of hydrogen-bond donors (Lipinski definition) is 2. The van der Waals surface area contributed by atoms with E-state index in [1.165, 1.54) is 23.9 Å². The number of ether oxygens (including phenoxy) is 2. The molecule has 0 spiro atoms. The van der Waals surface area contributed by atoms with Crippen LogP contribution in [-0.4, -0.2) is 50.4 Å². The molecule has 4 atom stereocenters. The van der Waals surface area contributed by atoms with Crippen molar-refractivity contribution in [1.82, 2.24) is 9.55 Å². The number of carbonyl (C=O) groups excluding carboxylic acids is 1. The minimum absolute atomic E-state index is 0.137. The van der Waals surface area contributed by atoms with Gasteiger partial charge in [0.15, 0.2) is 6.23 Å². The van der Waals surface area contributed by atoms with E-state index in [9.17, 15) is 14.7 Å². The van der Waals surface area contributed by atoms with Crippen LogP contribution in [0, 0.1) is 0 Å². The van der Waals surface area contributed by atoms with Crippen LogP contribution in [0.3, 0.4) is 0 Å². The van der Waals surface area contributed by atoms with Crippen molar-refractivity contribution >= 4 is 34.3 Å². The third-order valence-corrected chi connectivity index (χ3v) is 4.99. The number of nitrogens with one attached hydrogen (secondary N) is 1. The number of amides is 1. The van der Waals surface area contributed by atoms with Gasteiger partial charge in [-0.15, -0.1) is 0 Å². The SMILES string of the molecule is CO[C@@H]1[C@H](O)[C@@H](CI)O[C@H]1n1ccc(NC(=O)c2ccccc2)nc1=O. The summed E-state index contributed by atoms with van der Waals surface area (Å²) in [6.07, 6.45) is -1.27. The van der Waals surface area contributed by atoms with Crippen molar-refractivity contribution in [3.8, 4) is 0 Å². The van der Waals surface area contributed by atoms with Crippen LogP contribution in [-0.2, 0) is 9.47 Å². The van der Waals surface area contributed by atoms with Crippen molar-refractivity contribution < 1.29 is 19.4 Å². The number of aromatic nitrogens is 2. The maximum atomic E-state index is 12.4. The van der Waals surface area contributed by atoms with Gasteiger partial charge in [0.25, 0.3) is 5.91 Å². The van der Waals surface area contributed by atoms with Crippen molar-refractivity contribution in [2.24, 2.45) is 0 Å². The highest BCUT2D eigenvalue weighted by Crippen LogP contribution is 2.31. The number of methoxy groups -OCH3 is 1. The maximum absolute atomic E-state index is 12.4. The highest BCUT2D eigenvalue weighted by Gasteiger charge is 2.44. The molecular weight excluding hydrogens is 453 g/mol. The smallest absolute Gasteiger partial charge is 0.351 e. The number of aliphatic hydroxyl groups is 1. The van der Waals surface area contributed by atoms with Crippen LogP contribution >= 0.6 is 22.6 Å². The number of nitrogens with zero attached hydrogens (tertiary/aromatic N) is 2. The highest BCUT2D eigenvalue weighted by molar-refractivity contribution is 14.1. The summed E-state index contributed by atoms with van der Waals surface area (Å²) in [5, 5.41) is 12.8. The van der Waals surface area contributed by atoms with Crippen LogP contribution in [0.5, 0.6) is 0 Å². The molecule has 8 nitrogen and oxygen atoms in total. The Bertz CT molecular complexity index is 829. The van der Waals surface area contributed by atoms with Gasteiger partial charge >= 0.3 is 5.69 Å². The number of alkyl halides is 1. The molecule has 1 amide bonds. The molecule has 1 aliphatic heterocycles. The topological polar surface area (TPSA) is 103 Å². The van der Waals surface area contributed by atoms with Crippen LogP contribution < -0.4 is 11.0 Å². The Hall–Kier alpha value is -1.82. The second-order valence-corrected chi connectivity index (χ2v) is 6.61. The first-order valence-corrected chi connectivity index (χ1v) is 9.45. The fourth-order valence-electron chi connectivity index (χ4n) is 2.78. The van der Waals surface area contributed by atoms with E-state index in [2.05, 4.69) is 32.9 Å². The summed E-state index contributed by atoms with van der Waals surface area (Å²) in [5.41, 5.74) is -0.144. The summed E-state index contributed by atoms with van der Waals surface area (Å²) in [5.74, 6) is -0.222. The molecule has 9 heteroatoms. The Morgan fingerprint density at radius 1 is 1.38 bits per heavy atom. The quantitative estimate of drug-likeness (QED) is 0.502. The molecule has 2 heterocycles. The Kier molecular flexibility index (Phi) is 6.01. The molecule has 1 aliphatic rings. The van der Waals surface area contributed by atoms with Crippen molar-refractivity contribution in [3.05, 3.63) is 58.6 Å². The third kappa shape index (κ3) is 3.80. The first-order chi connectivity index (χ1) is 12.5. The Labute approximate surface area is 163 Å². The maximum Gasteiger partial charge on any atom is 0.351 e. The lowest BCUT2D eigenvalue weighted by molar-refractivity contribution is -0.0508. The summed E-state index contributed by atoms with van der Waals surface area (Å²) in [6.45, 7) is 0. The van der Waals surface area contributed by atoms with E-state index in [1.54, 1.807) is 24.3 Å². The minimum atomic E-state index is -0.841. The normalized spacial score (nSPS) is 25.2. The van der Waals surface area contributed by atoms with Gasteiger partial charge in [0.1, 0.15) is 18.0 Å². The standard InChI is InChI=1S/C17H18IN3O5/c1-25-14-13(22)11(9-18)26-16(14)21-8-7-12(20-17(21)24)19-15(23)10-5-3-2-4-6-10/h2-8,11,13-14,16,22H,9H2,1H3,(H,19,20,23,24)/t11-,13-,14-,16-/m1/s1. The average molecular weight is 471 g/mol. The van der Waals surface area contributed by atoms with E-state index >= 15 is 0 Å². The predicted molar refractivity (Wildman–Crippen MR) is 102 cm³/mol. The summed E-state index contributed by atoms with van der Waals surface area (Å²) in [6, 6.07) is 10.1. The van der Waals surface area contributed by atoms with E-state index in [-0.39, 0.29) is 11.7 Å². The van der Waals surface area contributed by atoms with Gasteiger partial charge in [-0.3, -0.25) is 9.36 Å². The summed E-state index contributed by atoms with van der Waals surface area (Å²) in [7, 11) is 1.45. The first-order valence-electron chi connectivity index (χ1n) is 7.93. The second-order valence-electron chi connectivity index (χ2n) is 5.73. The van der Waals surface area contributed by atoms with Crippen molar-refractivity contribution in [2.75, 3.05) is 16.9 Å². The lowest BCUT2D eigenvalue weighted by Crippen LogP contribution is -2.37. The molecule has 1 fully saturated rings. The number of benzene rings is 1. The fourth-order valence-corrected chi connectivity index (χ4v) is 3.51. The summed E-state index contributed by atoms with van der Waals surface area (Å²) in [4.78, 5) is 28.4. The molecule has 2 aromatic rings. The van der Waals surface area contributed by atoms with Gasteiger partial charge in [0, 0.05) is 23.3 Å². The van der Waals surface area contributed by atoms with Gasteiger partial charge in [-0.1, -0.05) is 40.8 Å². The van der Waals surface area contributed by atoms with Gasteiger partial charge < -0.3 is 19.9 Å². The van der Waals surface area contributed by atoms with Crippen LogP contribution in [0.25, 0.3) is 0 Å². The number of anilines is 1. The monoisotopic (exact) mass is 471 g/mol. The van der Waals surface area contributed by atoms with Gasteiger partial charge in [-0.2, -0.15) is 4.98 Å². The van der Waals surface area contributed by atoms with Crippen LogP contribution in [0.2, 0.25) is 0 Å². The molecule has 3 rings (SSSR count). The minimum Gasteiger partial charge on any atom is -0.387 e. The number of aliphatic hydroxyl groups excluding tert-OH is 1. The van der Waals surface area contributed by atoms with E-state index in [0.717, 1.165) is 0 Å². The molecule has 0 bridgehead atoms. The molecule has 1 aromatic heterocycles. The van der Waals surface area contributed by atoms with Crippen molar-refractivity contribution in [1.29, 1.82) is 0 Å². The molecule has 138 valence electrons. The number of carbonyl (C=O) groups is 1. The molecule has 1 saturated heterocycles. The molecule has 2 N–H and O–H groups in total. The van der Waals surface area contributed by atoms with Gasteiger partial charge in [0.05, 0.1) is 6.10 Å². The zero-order valence-electron chi connectivity index (χ0n) is 13.9. The van der Waals surface area contributed by atoms with E-state index in [4.69, 9.17) is 9.47 Å². The average Bonchev–Trinajstić information content (AvgIpc) is 2.98. The summed E-state index contributed by atoms with van der Waals surface area (Å²) >= 11 is 2.10. The van der Waals surface area contributed by atoms with E-state index < -0.39 is 30.2 Å². The van der Waals surface area contributed by atoms with Gasteiger partial charge in [0.2, 0.25) is 0 Å². The molecule has 0 unspecified atom stereocenters. The highest BCUT2D eigenvalue weighted by atomic mass is 127. The number of halogens is 1. The lowest BCUT2D eigenvalue weighted by Gasteiger charge is -2.20. The van der Waals surface area contributed by atoms with Crippen molar-refractivity contribution in [2.45, 2.75) is 24.5 Å². The Morgan fingerprint density at radius 3 is 2.73 bits per heavy atom. The largest absolute Gasteiger partial charge is 0.387 e. The molecule has 0 aliphatic carbocycles. The van der Waals surface area contributed by atoms with Crippen LogP contribution in [0.1, 0.15) is 16.6 Å². The molecular formula is C17H18IN3O5. The zero-order valence-corrected chi connectivity index (χ0v) is 16.1. The molecule has 26 heavy (non-hydrogen) atoms. The fraction of sp³-hybridized carbons (Fsp3) is 0.353. The Morgan fingerprint density at radius 2 is 2.12 bits per heavy atom. The molecule has 0 saturated carbocycles. The second kappa shape index (κ2) is 8.25. The first kappa shape index (κ1) is 19.0. The van der Waals surface area contributed by atoms with Gasteiger partial charge in [-0.25, -0.2) is 4.79 Å². The van der Waals surface area contributed by atoms with Crippen molar-refractivity contribution in [3.63, 3.8) is 0 Å². The summed E-state index contributed by atoms with van der Waals surface area (Å²) < 4.78 is 12.8. The zero-order chi connectivity index (χ0) is 18.7. The third-order valence-electron chi connectivity index (χ3n) is 4.12. The number of rotatable bonds is 5. The lowest BCUT2D eigenvalue weighted by atomic mass is 10.1. The van der Waals surface area contributed by atoms with Crippen LogP contribution in [0.15, 0.2) is 47.4 Å². The van der Waals surface area contributed by atoms with Gasteiger partial charge in [-0.05, 0) is 18.2 Å². The number of hydrogen-bond acceptors (Lipinski definition) is 6.